The summed E-state index contributed by atoms with van der Waals surface area (Å²) in [5.74, 6) is 0.568. The van der Waals surface area contributed by atoms with Gasteiger partial charge in [-0.25, -0.2) is 9.38 Å². The molecular weight excluding hydrogens is 461 g/mol. The van der Waals surface area contributed by atoms with Gasteiger partial charge in [-0.05, 0) is 62.3 Å². The lowest BCUT2D eigenvalue weighted by Gasteiger charge is -2.30. The Hall–Kier alpha value is -2.55. The van der Waals surface area contributed by atoms with Crippen LogP contribution in [0.15, 0.2) is 66.3 Å². The number of rotatable bonds is 17. The molecule has 0 amide bonds. The average molecular weight is 506 g/mol. The minimum absolute atomic E-state index is 0.252. The van der Waals surface area contributed by atoms with Gasteiger partial charge in [0.05, 0.1) is 18.0 Å². The van der Waals surface area contributed by atoms with Crippen LogP contribution < -0.4 is 0 Å². The van der Waals surface area contributed by atoms with E-state index in [1.54, 1.807) is 35.6 Å². The lowest BCUT2D eigenvalue weighted by molar-refractivity contribution is -0.0561. The Bertz CT molecular complexity index is 820. The molecule has 0 bridgehead atoms. The van der Waals surface area contributed by atoms with Crippen molar-refractivity contribution in [1.82, 2.24) is 5.06 Å². The number of nitrogens with zero attached hydrogens (tertiary/aromatic N) is 2. The van der Waals surface area contributed by atoms with E-state index in [1.165, 1.54) is 12.3 Å². The van der Waals surface area contributed by atoms with Crippen molar-refractivity contribution >= 4 is 11.5 Å². The fourth-order valence-corrected chi connectivity index (χ4v) is 4.06. The van der Waals surface area contributed by atoms with Crippen molar-refractivity contribution in [2.24, 2.45) is 4.99 Å². The Kier molecular flexibility index (Phi) is 15.6. The quantitative estimate of drug-likeness (QED) is 0.0837. The Morgan fingerprint density at radius 1 is 1.25 bits per heavy atom. The minimum atomic E-state index is -1.36. The van der Waals surface area contributed by atoms with Crippen LogP contribution in [0, 0.1) is 5.41 Å². The van der Waals surface area contributed by atoms with Crippen molar-refractivity contribution in [3.8, 4) is 0 Å². The van der Waals surface area contributed by atoms with E-state index in [1.807, 2.05) is 6.92 Å². The number of aliphatic imine (C=N–C) groups is 1. The van der Waals surface area contributed by atoms with Crippen LogP contribution in [0.1, 0.15) is 84.5 Å². The van der Waals surface area contributed by atoms with Crippen molar-refractivity contribution in [3.05, 3.63) is 61.3 Å². The summed E-state index contributed by atoms with van der Waals surface area (Å²) in [6.07, 6.45) is 17.0. The summed E-state index contributed by atoms with van der Waals surface area (Å²) in [6.45, 7) is 7.96. The number of unbranched alkanes of at least 4 members (excludes halogenated alkanes) is 2. The highest BCUT2D eigenvalue weighted by Gasteiger charge is 2.27. The average Bonchev–Trinajstić information content (AvgIpc) is 2.84. The van der Waals surface area contributed by atoms with E-state index >= 15 is 0 Å². The fourth-order valence-electron chi connectivity index (χ4n) is 4.06. The highest BCUT2D eigenvalue weighted by atomic mass is 19.1. The summed E-state index contributed by atoms with van der Waals surface area (Å²) in [5.41, 5.74) is 0.0444. The predicted molar refractivity (Wildman–Crippen MR) is 144 cm³/mol. The Morgan fingerprint density at radius 2 is 2.03 bits per heavy atom. The Labute approximate surface area is 215 Å². The molecule has 0 aromatic carbocycles. The van der Waals surface area contributed by atoms with Crippen LogP contribution in [0.2, 0.25) is 0 Å². The molecule has 2 unspecified atom stereocenters. The zero-order valence-corrected chi connectivity index (χ0v) is 21.8. The number of halogens is 1. The van der Waals surface area contributed by atoms with E-state index in [0.717, 1.165) is 19.3 Å². The maximum atomic E-state index is 12.7. The van der Waals surface area contributed by atoms with E-state index < -0.39 is 11.9 Å². The molecule has 0 radical (unpaired) electrons. The Morgan fingerprint density at radius 3 is 2.67 bits per heavy atom. The third-order valence-electron chi connectivity index (χ3n) is 5.98. The van der Waals surface area contributed by atoms with Crippen molar-refractivity contribution in [2.45, 2.75) is 102 Å². The second-order valence-corrected chi connectivity index (χ2v) is 9.10. The van der Waals surface area contributed by atoms with Crippen LogP contribution in [-0.2, 0) is 4.84 Å². The number of nitrogens with one attached hydrogen (secondary N) is 1. The van der Waals surface area contributed by atoms with Gasteiger partial charge in [0, 0.05) is 24.8 Å². The summed E-state index contributed by atoms with van der Waals surface area (Å²) in [6, 6.07) is -0.374. The first-order valence-corrected chi connectivity index (χ1v) is 12.9. The molecule has 0 spiro atoms. The molecule has 4 N–H and O–H groups in total. The summed E-state index contributed by atoms with van der Waals surface area (Å²) in [5, 5.41) is 39.6. The number of aliphatic hydroxyl groups is 3. The van der Waals surface area contributed by atoms with E-state index in [2.05, 4.69) is 18.5 Å². The first-order chi connectivity index (χ1) is 17.3. The molecule has 0 saturated carbocycles. The monoisotopic (exact) mass is 505 g/mol. The fraction of sp³-hybridized carbons (Fsp3) is 0.571. The van der Waals surface area contributed by atoms with Gasteiger partial charge in [0.15, 0.2) is 6.29 Å². The summed E-state index contributed by atoms with van der Waals surface area (Å²) < 4.78 is 12.7. The molecule has 8 heteroatoms. The van der Waals surface area contributed by atoms with Crippen molar-refractivity contribution in [3.63, 3.8) is 0 Å². The van der Waals surface area contributed by atoms with Gasteiger partial charge in [-0.1, -0.05) is 45.3 Å². The van der Waals surface area contributed by atoms with Gasteiger partial charge in [0.2, 0.25) is 0 Å². The number of aliphatic hydroxyl groups excluding tert-OH is 1. The minimum Gasteiger partial charge on any atom is -0.389 e. The maximum Gasteiger partial charge on any atom is 0.151 e. The molecule has 7 nitrogen and oxygen atoms in total. The molecule has 1 aliphatic rings. The molecule has 1 rings (SSSR count). The molecule has 2 atom stereocenters. The topological polar surface area (TPSA) is 109 Å². The van der Waals surface area contributed by atoms with Gasteiger partial charge >= 0.3 is 0 Å². The van der Waals surface area contributed by atoms with E-state index in [9.17, 15) is 9.50 Å². The summed E-state index contributed by atoms with van der Waals surface area (Å²) >= 11 is 0. The van der Waals surface area contributed by atoms with Crippen molar-refractivity contribution in [2.75, 3.05) is 0 Å². The molecule has 0 aromatic heterocycles. The second-order valence-electron chi connectivity index (χ2n) is 9.10. The number of hydrogen-bond acceptors (Lipinski definition) is 7. The summed E-state index contributed by atoms with van der Waals surface area (Å²) in [4.78, 5) is 10.5. The van der Waals surface area contributed by atoms with Crippen molar-refractivity contribution < 1.29 is 24.5 Å². The normalized spacial score (nSPS) is 21.6. The van der Waals surface area contributed by atoms with Gasteiger partial charge in [-0.3, -0.25) is 0 Å². The molecule has 0 saturated heterocycles. The largest absolute Gasteiger partial charge is 0.389 e. The smallest absolute Gasteiger partial charge is 0.151 e. The van der Waals surface area contributed by atoms with Crippen LogP contribution in [0.25, 0.3) is 0 Å². The Balaban J connectivity index is 3.16. The highest BCUT2D eigenvalue weighted by Crippen LogP contribution is 2.27. The van der Waals surface area contributed by atoms with Crippen molar-refractivity contribution in [1.29, 1.82) is 5.41 Å². The third-order valence-corrected chi connectivity index (χ3v) is 5.98. The van der Waals surface area contributed by atoms with E-state index in [0.29, 0.717) is 62.0 Å². The predicted octanol–water partition coefficient (Wildman–Crippen LogP) is 6.02. The highest BCUT2D eigenvalue weighted by molar-refractivity contribution is 6.01. The van der Waals surface area contributed by atoms with Crippen LogP contribution in [0.4, 0.5) is 4.39 Å². The number of hydroxylamine groups is 2. The van der Waals surface area contributed by atoms with Gasteiger partial charge in [-0.2, -0.15) is 5.06 Å². The number of hydrogen-bond donors (Lipinski definition) is 4. The molecule has 0 fully saturated rings. The molecule has 36 heavy (non-hydrogen) atoms. The standard InChI is InChI=1S/C28H44FN3O4/c1-4-7-18-28(35,17-5-2)22-25(30)23-12-11-21-36-32(24(6-3)13-10-19-29)26(31-20-16-23)14-8-9-15-27(33)34/h6,10-12,16,19-21,24,27,30,33-35H,3-5,7-9,13-15,17-18,22H2,1-2H3/b19-10+,20-16+,21-11+,23-12+,30-25?,31-26-. The number of amidine groups is 1. The molecule has 1 aliphatic heterocycles. The molecule has 202 valence electrons. The zero-order valence-electron chi connectivity index (χ0n) is 21.8. The molecular formula is C28H44FN3O4. The van der Waals surface area contributed by atoms with Gasteiger partial charge in [0.1, 0.15) is 12.1 Å². The van der Waals surface area contributed by atoms with Crippen LogP contribution in [0.3, 0.4) is 0 Å². The molecule has 1 heterocycles. The number of allylic oxidation sites excluding steroid dienone is 4. The van der Waals surface area contributed by atoms with E-state index in [4.69, 9.17) is 20.5 Å². The van der Waals surface area contributed by atoms with E-state index in [-0.39, 0.29) is 18.9 Å². The SMILES string of the molecule is C=CC(C/C=C/F)N1O/C=C/C=C(C(=N)CC(O)(CCC)CCCC)\C=C\N=C/1CCCCC(O)O. The van der Waals surface area contributed by atoms with Gasteiger partial charge < -0.3 is 25.6 Å². The lowest BCUT2D eigenvalue weighted by Crippen LogP contribution is -2.38. The molecule has 0 aliphatic carbocycles. The van der Waals surface area contributed by atoms with Gasteiger partial charge in [-0.15, -0.1) is 6.58 Å². The second kappa shape index (κ2) is 17.8. The molecule has 0 aromatic rings. The van der Waals surface area contributed by atoms with Crippen LogP contribution >= 0.6 is 0 Å². The summed E-state index contributed by atoms with van der Waals surface area (Å²) in [7, 11) is 0. The first-order valence-electron chi connectivity index (χ1n) is 12.9. The van der Waals surface area contributed by atoms with Gasteiger partial charge in [0.25, 0.3) is 0 Å². The third kappa shape index (κ3) is 11.9. The zero-order chi connectivity index (χ0) is 26.8. The maximum absolute atomic E-state index is 12.7. The lowest BCUT2D eigenvalue weighted by atomic mass is 9.85. The van der Waals surface area contributed by atoms with Crippen LogP contribution in [-0.4, -0.2) is 49.9 Å². The first kappa shape index (κ1) is 31.5. The van der Waals surface area contributed by atoms with Crippen LogP contribution in [0.5, 0.6) is 0 Å².